The summed E-state index contributed by atoms with van der Waals surface area (Å²) in [7, 11) is 1.64. The highest BCUT2D eigenvalue weighted by molar-refractivity contribution is 5.76. The SMILES string of the molecule is COCCOCCOC(=O)C1CCCN1C1CCNCC1. The second-order valence-corrected chi connectivity index (χ2v) is 5.65. The number of ether oxygens (including phenoxy) is 3. The van der Waals surface area contributed by atoms with E-state index in [-0.39, 0.29) is 12.0 Å². The van der Waals surface area contributed by atoms with Gasteiger partial charge >= 0.3 is 5.97 Å². The van der Waals surface area contributed by atoms with Crippen LogP contribution < -0.4 is 5.32 Å². The Bertz CT molecular complexity index is 308. The van der Waals surface area contributed by atoms with Crippen LogP contribution in [0.2, 0.25) is 0 Å². The molecule has 0 saturated carbocycles. The summed E-state index contributed by atoms with van der Waals surface area (Å²) in [6.07, 6.45) is 4.27. The predicted octanol–water partition coefficient (Wildman–Crippen LogP) is 0.409. The van der Waals surface area contributed by atoms with Gasteiger partial charge in [-0.15, -0.1) is 0 Å². The number of hydrogen-bond acceptors (Lipinski definition) is 6. The third kappa shape index (κ3) is 5.21. The molecule has 0 radical (unpaired) electrons. The number of carbonyl (C=O) groups excluding carboxylic acids is 1. The molecule has 6 nitrogen and oxygen atoms in total. The minimum absolute atomic E-state index is 0.0490. The fourth-order valence-corrected chi connectivity index (χ4v) is 3.16. The van der Waals surface area contributed by atoms with Crippen LogP contribution in [0.4, 0.5) is 0 Å². The third-order valence-corrected chi connectivity index (χ3v) is 4.25. The molecule has 2 aliphatic heterocycles. The van der Waals surface area contributed by atoms with Crippen molar-refractivity contribution in [3.8, 4) is 0 Å². The number of carbonyl (C=O) groups is 1. The van der Waals surface area contributed by atoms with E-state index in [1.54, 1.807) is 7.11 Å². The Morgan fingerprint density at radius 3 is 2.67 bits per heavy atom. The summed E-state index contributed by atoms with van der Waals surface area (Å²) in [6, 6.07) is 0.483. The van der Waals surface area contributed by atoms with Gasteiger partial charge in [0.25, 0.3) is 0 Å². The van der Waals surface area contributed by atoms with Crippen LogP contribution in [0.15, 0.2) is 0 Å². The standard InChI is InChI=1S/C15H28N2O4/c1-19-9-10-20-11-12-21-15(18)14-3-2-8-17(14)13-4-6-16-7-5-13/h13-14,16H,2-12H2,1H3. The van der Waals surface area contributed by atoms with Crippen LogP contribution in [0.1, 0.15) is 25.7 Å². The van der Waals surface area contributed by atoms with Crippen LogP contribution in [0.25, 0.3) is 0 Å². The van der Waals surface area contributed by atoms with Crippen molar-refractivity contribution in [1.82, 2.24) is 10.2 Å². The number of methoxy groups -OCH3 is 1. The minimum atomic E-state index is -0.0821. The summed E-state index contributed by atoms with van der Waals surface area (Å²) >= 11 is 0. The number of piperidine rings is 1. The number of rotatable bonds is 8. The van der Waals surface area contributed by atoms with Gasteiger partial charge in [-0.2, -0.15) is 0 Å². The second kappa shape index (κ2) is 9.35. The van der Waals surface area contributed by atoms with Gasteiger partial charge in [0.2, 0.25) is 0 Å². The van der Waals surface area contributed by atoms with Gasteiger partial charge in [-0.25, -0.2) is 0 Å². The summed E-state index contributed by atoms with van der Waals surface area (Å²) in [6.45, 7) is 5.01. The Hall–Kier alpha value is -0.690. The molecule has 2 fully saturated rings. The Balaban J connectivity index is 1.68. The first-order chi connectivity index (χ1) is 10.3. The molecule has 6 heteroatoms. The molecule has 0 amide bonds. The molecule has 21 heavy (non-hydrogen) atoms. The Morgan fingerprint density at radius 1 is 1.14 bits per heavy atom. The van der Waals surface area contributed by atoms with Gasteiger partial charge < -0.3 is 19.5 Å². The maximum atomic E-state index is 12.2. The molecule has 0 bridgehead atoms. The van der Waals surface area contributed by atoms with Gasteiger partial charge in [-0.1, -0.05) is 0 Å². The van der Waals surface area contributed by atoms with Crippen molar-refractivity contribution in [2.24, 2.45) is 0 Å². The number of esters is 1. The first kappa shape index (κ1) is 16.7. The molecule has 1 unspecified atom stereocenters. The number of likely N-dealkylation sites (tertiary alicyclic amines) is 1. The lowest BCUT2D eigenvalue weighted by Crippen LogP contribution is -2.48. The molecule has 0 aromatic rings. The lowest BCUT2D eigenvalue weighted by Gasteiger charge is -2.34. The van der Waals surface area contributed by atoms with Crippen LogP contribution in [-0.2, 0) is 19.0 Å². The van der Waals surface area contributed by atoms with Crippen molar-refractivity contribution in [2.75, 3.05) is 53.2 Å². The summed E-state index contributed by atoms with van der Waals surface area (Å²) < 4.78 is 15.6. The van der Waals surface area contributed by atoms with Crippen molar-refractivity contribution in [3.63, 3.8) is 0 Å². The van der Waals surface area contributed by atoms with Crippen LogP contribution in [0.5, 0.6) is 0 Å². The normalized spacial score (nSPS) is 24.3. The summed E-state index contributed by atoms with van der Waals surface area (Å²) in [5.41, 5.74) is 0. The molecule has 2 aliphatic rings. The molecule has 2 rings (SSSR count). The first-order valence-electron chi connectivity index (χ1n) is 8.02. The van der Waals surface area contributed by atoms with E-state index in [4.69, 9.17) is 14.2 Å². The number of nitrogens with zero attached hydrogens (tertiary/aromatic N) is 1. The predicted molar refractivity (Wildman–Crippen MR) is 79.3 cm³/mol. The van der Waals surface area contributed by atoms with Gasteiger partial charge in [0, 0.05) is 13.2 Å². The Kier molecular flexibility index (Phi) is 7.43. The average molecular weight is 300 g/mol. The zero-order valence-corrected chi connectivity index (χ0v) is 13.0. The number of hydrogen-bond donors (Lipinski definition) is 1. The maximum Gasteiger partial charge on any atom is 0.323 e. The van der Waals surface area contributed by atoms with E-state index in [0.717, 1.165) is 45.3 Å². The maximum absolute atomic E-state index is 12.2. The smallest absolute Gasteiger partial charge is 0.323 e. The van der Waals surface area contributed by atoms with E-state index in [9.17, 15) is 4.79 Å². The van der Waals surface area contributed by atoms with Crippen molar-refractivity contribution in [2.45, 2.75) is 37.8 Å². The summed E-state index contributed by atoms with van der Waals surface area (Å²) in [4.78, 5) is 14.6. The first-order valence-corrected chi connectivity index (χ1v) is 8.02. The topological polar surface area (TPSA) is 60.0 Å². The van der Waals surface area contributed by atoms with Crippen LogP contribution in [0, 0.1) is 0 Å². The van der Waals surface area contributed by atoms with E-state index in [2.05, 4.69) is 10.2 Å². The molecule has 2 saturated heterocycles. The lowest BCUT2D eigenvalue weighted by molar-refractivity contribution is -0.151. The zero-order valence-electron chi connectivity index (χ0n) is 13.0. The monoisotopic (exact) mass is 300 g/mol. The minimum Gasteiger partial charge on any atom is -0.462 e. The quantitative estimate of drug-likeness (QED) is 0.517. The van der Waals surface area contributed by atoms with E-state index in [0.29, 0.717) is 32.5 Å². The van der Waals surface area contributed by atoms with Gasteiger partial charge in [-0.3, -0.25) is 9.69 Å². The van der Waals surface area contributed by atoms with E-state index in [1.807, 2.05) is 0 Å². The van der Waals surface area contributed by atoms with Gasteiger partial charge in [-0.05, 0) is 45.3 Å². The van der Waals surface area contributed by atoms with Crippen molar-refractivity contribution in [3.05, 3.63) is 0 Å². The van der Waals surface area contributed by atoms with Crippen molar-refractivity contribution >= 4 is 5.97 Å². The fourth-order valence-electron chi connectivity index (χ4n) is 3.16. The van der Waals surface area contributed by atoms with Crippen molar-refractivity contribution < 1.29 is 19.0 Å². The molecule has 1 atom stereocenters. The van der Waals surface area contributed by atoms with Gasteiger partial charge in [0.15, 0.2) is 0 Å². The van der Waals surface area contributed by atoms with Gasteiger partial charge in [0.05, 0.1) is 19.8 Å². The average Bonchev–Trinajstić information content (AvgIpc) is 3.01. The molecular formula is C15H28N2O4. The summed E-state index contributed by atoms with van der Waals surface area (Å²) in [5.74, 6) is -0.0821. The van der Waals surface area contributed by atoms with Crippen LogP contribution in [-0.4, -0.2) is 76.1 Å². The molecule has 1 N–H and O–H groups in total. The Morgan fingerprint density at radius 2 is 1.90 bits per heavy atom. The largest absolute Gasteiger partial charge is 0.462 e. The third-order valence-electron chi connectivity index (χ3n) is 4.25. The summed E-state index contributed by atoms with van der Waals surface area (Å²) in [5, 5.41) is 3.37. The highest BCUT2D eigenvalue weighted by Gasteiger charge is 2.36. The van der Waals surface area contributed by atoms with E-state index >= 15 is 0 Å². The zero-order chi connectivity index (χ0) is 14.9. The fraction of sp³-hybridized carbons (Fsp3) is 0.933. The molecule has 2 heterocycles. The molecule has 122 valence electrons. The van der Waals surface area contributed by atoms with Crippen LogP contribution >= 0.6 is 0 Å². The van der Waals surface area contributed by atoms with E-state index < -0.39 is 0 Å². The molecular weight excluding hydrogens is 272 g/mol. The molecule has 0 aromatic carbocycles. The number of nitrogens with one attached hydrogen (secondary N) is 1. The highest BCUT2D eigenvalue weighted by Crippen LogP contribution is 2.25. The van der Waals surface area contributed by atoms with Crippen molar-refractivity contribution in [1.29, 1.82) is 0 Å². The van der Waals surface area contributed by atoms with Gasteiger partial charge in [0.1, 0.15) is 12.6 Å². The molecule has 0 spiro atoms. The molecule has 0 aliphatic carbocycles. The Labute approximate surface area is 127 Å². The van der Waals surface area contributed by atoms with E-state index in [1.165, 1.54) is 0 Å². The highest BCUT2D eigenvalue weighted by atomic mass is 16.6. The lowest BCUT2D eigenvalue weighted by atomic mass is 10.0. The van der Waals surface area contributed by atoms with Crippen LogP contribution in [0.3, 0.4) is 0 Å². The molecule has 0 aromatic heterocycles. The second-order valence-electron chi connectivity index (χ2n) is 5.65.